The van der Waals surface area contributed by atoms with Gasteiger partial charge in [0.25, 0.3) is 0 Å². The average molecular weight is 267 g/mol. The molecule has 4 atom stereocenters. The van der Waals surface area contributed by atoms with Crippen LogP contribution in [0.25, 0.3) is 0 Å². The van der Waals surface area contributed by atoms with Crippen molar-refractivity contribution >= 4 is 11.9 Å². The Hall–Kier alpha value is -1.36. The van der Waals surface area contributed by atoms with Crippen molar-refractivity contribution in [2.75, 3.05) is 0 Å². The van der Waals surface area contributed by atoms with Crippen molar-refractivity contribution in [2.24, 2.45) is 11.8 Å². The first-order valence-corrected chi connectivity index (χ1v) is 6.96. The van der Waals surface area contributed by atoms with Crippen LogP contribution in [0.2, 0.25) is 0 Å². The summed E-state index contributed by atoms with van der Waals surface area (Å²) in [5.74, 6) is -2.32. The zero-order valence-electron chi connectivity index (χ0n) is 10.9. The Morgan fingerprint density at radius 1 is 1.05 bits per heavy atom. The molecule has 0 aliphatic heterocycles. The van der Waals surface area contributed by atoms with Gasteiger partial charge < -0.3 is 15.5 Å². The molecule has 0 aromatic rings. The lowest BCUT2D eigenvalue weighted by atomic mass is 9.82. The molecule has 2 unspecified atom stereocenters. The highest BCUT2D eigenvalue weighted by molar-refractivity contribution is 5.85. The standard InChI is InChI=1S/C14H21NO4/c16-12-8-4-3-7-11(12)15-13(17)9-5-1-2-6-10(9)14(18)19/h1-2,9-12,16H,3-8H2,(H,15,17)(H,18,19)/t9-,10+,11?,12?/m1/s1. The van der Waals surface area contributed by atoms with Crippen LogP contribution in [-0.4, -0.2) is 34.2 Å². The Kier molecular flexibility index (Phi) is 4.58. The summed E-state index contributed by atoms with van der Waals surface area (Å²) in [5, 5.41) is 21.8. The van der Waals surface area contributed by atoms with E-state index in [1.54, 1.807) is 0 Å². The van der Waals surface area contributed by atoms with Crippen LogP contribution in [0.4, 0.5) is 0 Å². The largest absolute Gasteiger partial charge is 0.481 e. The van der Waals surface area contributed by atoms with Crippen LogP contribution in [0.1, 0.15) is 38.5 Å². The minimum Gasteiger partial charge on any atom is -0.481 e. The number of carbonyl (C=O) groups is 2. The predicted molar refractivity (Wildman–Crippen MR) is 69.4 cm³/mol. The lowest BCUT2D eigenvalue weighted by Gasteiger charge is -2.31. The monoisotopic (exact) mass is 267 g/mol. The summed E-state index contributed by atoms with van der Waals surface area (Å²) >= 11 is 0. The zero-order chi connectivity index (χ0) is 13.8. The first-order valence-electron chi connectivity index (χ1n) is 6.96. The molecule has 106 valence electrons. The second-order valence-corrected chi connectivity index (χ2v) is 5.46. The Morgan fingerprint density at radius 3 is 2.32 bits per heavy atom. The van der Waals surface area contributed by atoms with Crippen molar-refractivity contribution in [1.29, 1.82) is 0 Å². The van der Waals surface area contributed by atoms with Gasteiger partial charge in [-0.25, -0.2) is 0 Å². The molecule has 0 radical (unpaired) electrons. The first kappa shape index (κ1) is 14.1. The number of nitrogens with one attached hydrogen (secondary N) is 1. The summed E-state index contributed by atoms with van der Waals surface area (Å²) < 4.78 is 0. The van der Waals surface area contributed by atoms with Crippen LogP contribution in [0.15, 0.2) is 12.2 Å². The number of aliphatic carboxylic acids is 1. The number of allylic oxidation sites excluding steroid dienone is 2. The van der Waals surface area contributed by atoms with Gasteiger partial charge >= 0.3 is 5.97 Å². The molecule has 0 bridgehead atoms. The van der Waals surface area contributed by atoms with Gasteiger partial charge in [0, 0.05) is 0 Å². The minimum absolute atomic E-state index is 0.221. The maximum Gasteiger partial charge on any atom is 0.307 e. The molecule has 2 aliphatic rings. The molecule has 19 heavy (non-hydrogen) atoms. The van der Waals surface area contributed by atoms with Gasteiger partial charge in [-0.1, -0.05) is 25.0 Å². The third-order valence-electron chi connectivity index (χ3n) is 4.14. The summed E-state index contributed by atoms with van der Waals surface area (Å²) in [5.41, 5.74) is 0. The Balaban J connectivity index is 1.97. The SMILES string of the molecule is O=C(O)[C@H]1CC=CC[C@H]1C(=O)NC1CCCCC1O. The van der Waals surface area contributed by atoms with Crippen molar-refractivity contribution in [1.82, 2.24) is 5.32 Å². The first-order chi connectivity index (χ1) is 9.09. The van der Waals surface area contributed by atoms with Crippen LogP contribution in [0.3, 0.4) is 0 Å². The Morgan fingerprint density at radius 2 is 1.68 bits per heavy atom. The average Bonchev–Trinajstić information content (AvgIpc) is 2.41. The number of rotatable bonds is 3. The number of carboxylic acid groups (broad SMARTS) is 1. The molecule has 0 spiro atoms. The smallest absolute Gasteiger partial charge is 0.307 e. The van der Waals surface area contributed by atoms with E-state index >= 15 is 0 Å². The summed E-state index contributed by atoms with van der Waals surface area (Å²) in [4.78, 5) is 23.4. The minimum atomic E-state index is -0.923. The van der Waals surface area contributed by atoms with Crippen molar-refractivity contribution < 1.29 is 19.8 Å². The fourth-order valence-corrected chi connectivity index (χ4v) is 2.95. The van der Waals surface area contributed by atoms with E-state index in [0.717, 1.165) is 19.3 Å². The van der Waals surface area contributed by atoms with Gasteiger partial charge in [0.2, 0.25) is 5.91 Å². The van der Waals surface area contributed by atoms with Crippen LogP contribution in [-0.2, 0) is 9.59 Å². The van der Waals surface area contributed by atoms with Crippen molar-refractivity contribution in [3.05, 3.63) is 12.2 Å². The van der Waals surface area contributed by atoms with Gasteiger partial charge in [0.1, 0.15) is 0 Å². The number of carboxylic acids is 1. The van der Waals surface area contributed by atoms with E-state index in [9.17, 15) is 14.7 Å². The molecular weight excluding hydrogens is 246 g/mol. The highest BCUT2D eigenvalue weighted by Gasteiger charge is 2.35. The fourth-order valence-electron chi connectivity index (χ4n) is 2.95. The second-order valence-electron chi connectivity index (χ2n) is 5.46. The van der Waals surface area contributed by atoms with Crippen LogP contribution >= 0.6 is 0 Å². The van der Waals surface area contributed by atoms with Crippen molar-refractivity contribution in [3.63, 3.8) is 0 Å². The van der Waals surface area contributed by atoms with Crippen LogP contribution in [0, 0.1) is 11.8 Å². The van der Waals surface area contributed by atoms with E-state index in [4.69, 9.17) is 5.11 Å². The highest BCUT2D eigenvalue weighted by atomic mass is 16.4. The number of hydrogen-bond donors (Lipinski definition) is 3. The number of carbonyl (C=O) groups excluding carboxylic acids is 1. The van der Waals surface area contributed by atoms with Gasteiger partial charge in [-0.3, -0.25) is 9.59 Å². The molecule has 0 heterocycles. The lowest BCUT2D eigenvalue weighted by molar-refractivity contribution is -0.147. The molecule has 1 fully saturated rings. The molecule has 0 saturated heterocycles. The lowest BCUT2D eigenvalue weighted by Crippen LogP contribution is -2.49. The summed E-state index contributed by atoms with van der Waals surface area (Å²) in [6, 6.07) is -0.221. The highest BCUT2D eigenvalue weighted by Crippen LogP contribution is 2.27. The maximum absolute atomic E-state index is 12.2. The van der Waals surface area contributed by atoms with E-state index in [1.807, 2.05) is 12.2 Å². The van der Waals surface area contributed by atoms with E-state index in [2.05, 4.69) is 5.32 Å². The number of hydrogen-bond acceptors (Lipinski definition) is 3. The maximum atomic E-state index is 12.2. The van der Waals surface area contributed by atoms with Crippen LogP contribution in [0.5, 0.6) is 0 Å². The molecule has 2 aliphatic carbocycles. The second kappa shape index (κ2) is 6.19. The summed E-state index contributed by atoms with van der Waals surface area (Å²) in [7, 11) is 0. The van der Waals surface area contributed by atoms with E-state index < -0.39 is 23.9 Å². The van der Waals surface area contributed by atoms with Gasteiger partial charge in [0.15, 0.2) is 0 Å². The topological polar surface area (TPSA) is 86.6 Å². The molecule has 5 heteroatoms. The van der Waals surface area contributed by atoms with Crippen molar-refractivity contribution in [2.45, 2.75) is 50.7 Å². The third-order valence-corrected chi connectivity index (χ3v) is 4.14. The molecule has 2 rings (SSSR count). The molecule has 0 aromatic heterocycles. The number of amides is 1. The molecule has 1 amide bonds. The van der Waals surface area contributed by atoms with Gasteiger partial charge in [-0.2, -0.15) is 0 Å². The summed E-state index contributed by atoms with van der Waals surface area (Å²) in [6.45, 7) is 0. The quantitative estimate of drug-likeness (QED) is 0.668. The number of aliphatic hydroxyl groups is 1. The van der Waals surface area contributed by atoms with Gasteiger partial charge in [-0.15, -0.1) is 0 Å². The van der Waals surface area contributed by atoms with Gasteiger partial charge in [0.05, 0.1) is 24.0 Å². The normalized spacial score (nSPS) is 34.8. The molecule has 5 nitrogen and oxygen atoms in total. The molecular formula is C14H21NO4. The third kappa shape index (κ3) is 3.35. The predicted octanol–water partition coefficient (Wildman–Crippen LogP) is 1.07. The fraction of sp³-hybridized carbons (Fsp3) is 0.714. The van der Waals surface area contributed by atoms with Gasteiger partial charge in [-0.05, 0) is 25.7 Å². The van der Waals surface area contributed by atoms with E-state index in [-0.39, 0.29) is 11.9 Å². The molecule has 1 saturated carbocycles. The molecule has 0 aromatic carbocycles. The Bertz CT molecular complexity index is 380. The van der Waals surface area contributed by atoms with E-state index in [1.165, 1.54) is 0 Å². The van der Waals surface area contributed by atoms with Crippen molar-refractivity contribution in [3.8, 4) is 0 Å². The zero-order valence-corrected chi connectivity index (χ0v) is 10.9. The number of aliphatic hydroxyl groups excluding tert-OH is 1. The molecule has 3 N–H and O–H groups in total. The Labute approximate surface area is 112 Å². The van der Waals surface area contributed by atoms with Crippen LogP contribution < -0.4 is 5.32 Å². The summed E-state index contributed by atoms with van der Waals surface area (Å²) in [6.07, 6.45) is 7.50. The van der Waals surface area contributed by atoms with E-state index in [0.29, 0.717) is 19.3 Å².